The van der Waals surface area contributed by atoms with Crippen molar-refractivity contribution in [1.29, 1.82) is 0 Å². The molecular weight excluding hydrogens is 292 g/mol. The first-order chi connectivity index (χ1) is 9.65. The maximum atomic E-state index is 10.0. The Morgan fingerprint density at radius 2 is 2.20 bits per heavy atom. The van der Waals surface area contributed by atoms with Crippen LogP contribution in [-0.4, -0.2) is 58.8 Å². The van der Waals surface area contributed by atoms with Crippen molar-refractivity contribution in [3.8, 4) is 5.75 Å². The highest BCUT2D eigenvalue weighted by Gasteiger charge is 2.15. The molecule has 0 bridgehead atoms. The highest BCUT2D eigenvalue weighted by atomic mass is 32.2. The number of aliphatic hydroxyl groups excluding tert-OH is 1. The van der Waals surface area contributed by atoms with Crippen molar-refractivity contribution in [3.63, 3.8) is 0 Å². The molecule has 20 heavy (non-hydrogen) atoms. The Morgan fingerprint density at radius 3 is 2.90 bits per heavy atom. The van der Waals surface area contributed by atoms with Crippen molar-refractivity contribution in [3.05, 3.63) is 29.8 Å². The summed E-state index contributed by atoms with van der Waals surface area (Å²) < 4.78 is 5.60. The summed E-state index contributed by atoms with van der Waals surface area (Å²) in [7, 11) is 0. The minimum Gasteiger partial charge on any atom is -0.491 e. The Balaban J connectivity index is 1.78. The van der Waals surface area contributed by atoms with Crippen LogP contribution in [0.25, 0.3) is 0 Å². The van der Waals surface area contributed by atoms with Crippen LogP contribution in [0.5, 0.6) is 5.75 Å². The monoisotopic (exact) mass is 312 g/mol. The predicted octanol–water partition coefficient (Wildman–Crippen LogP) is 1.11. The molecular formula is C14H20N2O2S2. The Hall–Kier alpha value is -0.820. The quantitative estimate of drug-likeness (QED) is 0.768. The first kappa shape index (κ1) is 15.6. The van der Waals surface area contributed by atoms with Gasteiger partial charge < -0.3 is 15.6 Å². The van der Waals surface area contributed by atoms with Crippen LogP contribution in [0, 0.1) is 0 Å². The summed E-state index contributed by atoms with van der Waals surface area (Å²) in [6, 6.07) is 7.33. The van der Waals surface area contributed by atoms with E-state index in [4.69, 9.17) is 22.7 Å². The van der Waals surface area contributed by atoms with E-state index in [9.17, 15) is 5.11 Å². The zero-order valence-electron chi connectivity index (χ0n) is 11.3. The number of nitrogens with zero attached hydrogens (tertiary/aromatic N) is 1. The standard InChI is InChI=1S/C14H20N2O2S2/c15-14(19)11-2-1-3-13(8-11)18-10-12(17)9-16-4-6-20-7-5-16/h1-3,8,12,17H,4-7,9-10H2,(H2,15,19). The van der Waals surface area contributed by atoms with Gasteiger partial charge in [-0.15, -0.1) is 0 Å². The van der Waals surface area contributed by atoms with Gasteiger partial charge in [0.1, 0.15) is 23.4 Å². The summed E-state index contributed by atoms with van der Waals surface area (Å²) in [5.74, 6) is 2.97. The van der Waals surface area contributed by atoms with Crippen molar-refractivity contribution < 1.29 is 9.84 Å². The Morgan fingerprint density at radius 1 is 1.45 bits per heavy atom. The maximum absolute atomic E-state index is 10.0. The van der Waals surface area contributed by atoms with Crippen molar-refractivity contribution in [1.82, 2.24) is 4.90 Å². The molecule has 0 amide bonds. The zero-order valence-corrected chi connectivity index (χ0v) is 13.0. The number of aliphatic hydroxyl groups is 1. The van der Waals surface area contributed by atoms with E-state index in [1.54, 1.807) is 6.07 Å². The minimum atomic E-state index is -0.480. The highest BCUT2D eigenvalue weighted by Crippen LogP contribution is 2.14. The van der Waals surface area contributed by atoms with Gasteiger partial charge in [0.15, 0.2) is 0 Å². The molecule has 0 spiro atoms. The number of hydrogen-bond acceptors (Lipinski definition) is 5. The van der Waals surface area contributed by atoms with Gasteiger partial charge in [0, 0.05) is 36.7 Å². The lowest BCUT2D eigenvalue weighted by Gasteiger charge is -2.28. The fraction of sp³-hybridized carbons (Fsp3) is 0.500. The van der Waals surface area contributed by atoms with Crippen molar-refractivity contribution in [2.75, 3.05) is 37.7 Å². The molecule has 110 valence electrons. The zero-order chi connectivity index (χ0) is 14.4. The molecule has 6 heteroatoms. The molecule has 1 heterocycles. The predicted molar refractivity (Wildman–Crippen MR) is 87.6 cm³/mol. The van der Waals surface area contributed by atoms with Crippen LogP contribution in [0.1, 0.15) is 5.56 Å². The number of rotatable bonds is 6. The highest BCUT2D eigenvalue weighted by molar-refractivity contribution is 7.99. The number of hydrogen-bond donors (Lipinski definition) is 2. The first-order valence-electron chi connectivity index (χ1n) is 6.66. The van der Waals surface area contributed by atoms with Gasteiger partial charge in [-0.05, 0) is 12.1 Å². The van der Waals surface area contributed by atoms with Crippen LogP contribution in [0.3, 0.4) is 0 Å². The van der Waals surface area contributed by atoms with Crippen LogP contribution >= 0.6 is 24.0 Å². The fourth-order valence-electron chi connectivity index (χ4n) is 2.07. The van der Waals surface area contributed by atoms with E-state index in [0.717, 1.165) is 30.2 Å². The molecule has 0 aliphatic carbocycles. The molecule has 1 atom stereocenters. The largest absolute Gasteiger partial charge is 0.491 e. The second kappa shape index (κ2) is 7.83. The van der Waals surface area contributed by atoms with E-state index in [1.807, 2.05) is 30.0 Å². The summed E-state index contributed by atoms with van der Waals surface area (Å²) in [5, 5.41) is 10.0. The first-order valence-corrected chi connectivity index (χ1v) is 8.22. The molecule has 1 unspecified atom stereocenters. The molecule has 1 aromatic rings. The second-order valence-electron chi connectivity index (χ2n) is 4.77. The molecule has 0 aromatic heterocycles. The summed E-state index contributed by atoms with van der Waals surface area (Å²) in [4.78, 5) is 2.62. The molecule has 0 radical (unpaired) electrons. The maximum Gasteiger partial charge on any atom is 0.120 e. The number of β-amino-alcohol motifs (C(OH)–C–C–N with tert-alkyl or cyclic N) is 1. The third kappa shape index (κ3) is 4.94. The van der Waals surface area contributed by atoms with Gasteiger partial charge in [0.25, 0.3) is 0 Å². The molecule has 1 saturated heterocycles. The normalized spacial score (nSPS) is 17.6. The smallest absolute Gasteiger partial charge is 0.120 e. The number of ether oxygens (including phenoxy) is 1. The average molecular weight is 312 g/mol. The van der Waals surface area contributed by atoms with Gasteiger partial charge in [0.05, 0.1) is 0 Å². The molecule has 0 saturated carbocycles. The summed E-state index contributed by atoms with van der Waals surface area (Å²) in [6.07, 6.45) is -0.480. The summed E-state index contributed by atoms with van der Waals surface area (Å²) >= 11 is 6.89. The van der Waals surface area contributed by atoms with E-state index in [-0.39, 0.29) is 6.61 Å². The molecule has 1 fully saturated rings. The SMILES string of the molecule is NC(=S)c1cccc(OCC(O)CN2CCSCC2)c1. The van der Waals surface area contributed by atoms with E-state index in [0.29, 0.717) is 17.3 Å². The van der Waals surface area contributed by atoms with Gasteiger partial charge in [-0.3, -0.25) is 4.90 Å². The molecule has 1 aliphatic rings. The van der Waals surface area contributed by atoms with Crippen LogP contribution < -0.4 is 10.5 Å². The van der Waals surface area contributed by atoms with E-state index >= 15 is 0 Å². The van der Waals surface area contributed by atoms with E-state index in [2.05, 4.69) is 4.90 Å². The molecule has 4 nitrogen and oxygen atoms in total. The average Bonchev–Trinajstić information content (AvgIpc) is 2.46. The van der Waals surface area contributed by atoms with Gasteiger partial charge in [-0.2, -0.15) is 11.8 Å². The summed E-state index contributed by atoms with van der Waals surface area (Å²) in [5.41, 5.74) is 6.36. The van der Waals surface area contributed by atoms with Gasteiger partial charge in [-0.1, -0.05) is 24.4 Å². The second-order valence-corrected chi connectivity index (χ2v) is 6.43. The lowest BCUT2D eigenvalue weighted by molar-refractivity contribution is 0.0715. The van der Waals surface area contributed by atoms with Crippen LogP contribution in [-0.2, 0) is 0 Å². The number of thiocarbonyl (C=S) groups is 1. The minimum absolute atomic E-state index is 0.282. The van der Waals surface area contributed by atoms with Crippen molar-refractivity contribution in [2.24, 2.45) is 5.73 Å². The summed E-state index contributed by atoms with van der Waals surface area (Å²) in [6.45, 7) is 3.03. The third-order valence-corrected chi connectivity index (χ3v) is 4.31. The Kier molecular flexibility index (Phi) is 6.09. The van der Waals surface area contributed by atoms with Crippen molar-refractivity contribution >= 4 is 29.0 Å². The molecule has 1 aromatic carbocycles. The molecule has 3 N–H and O–H groups in total. The van der Waals surface area contributed by atoms with Gasteiger partial charge in [0.2, 0.25) is 0 Å². The van der Waals surface area contributed by atoms with Gasteiger partial charge >= 0.3 is 0 Å². The lowest BCUT2D eigenvalue weighted by atomic mass is 10.2. The molecule has 1 aliphatic heterocycles. The van der Waals surface area contributed by atoms with Crippen molar-refractivity contribution in [2.45, 2.75) is 6.10 Å². The lowest BCUT2D eigenvalue weighted by Crippen LogP contribution is -2.40. The number of thioether (sulfide) groups is 1. The Bertz CT molecular complexity index is 451. The number of benzene rings is 1. The third-order valence-electron chi connectivity index (χ3n) is 3.13. The van der Waals surface area contributed by atoms with Gasteiger partial charge in [-0.25, -0.2) is 0 Å². The van der Waals surface area contributed by atoms with Crippen LogP contribution in [0.15, 0.2) is 24.3 Å². The fourth-order valence-corrected chi connectivity index (χ4v) is 3.17. The van der Waals surface area contributed by atoms with Crippen LogP contribution in [0.2, 0.25) is 0 Å². The topological polar surface area (TPSA) is 58.7 Å². The number of nitrogens with two attached hydrogens (primary N) is 1. The van der Waals surface area contributed by atoms with E-state index in [1.165, 1.54) is 0 Å². The Labute approximate surface area is 129 Å². The van der Waals surface area contributed by atoms with E-state index < -0.39 is 6.10 Å². The molecule has 2 rings (SSSR count). The van der Waals surface area contributed by atoms with Crippen LogP contribution in [0.4, 0.5) is 0 Å².